The maximum absolute atomic E-state index is 11.8. The Bertz CT molecular complexity index is 478. The minimum atomic E-state index is -0.0507. The number of nitrogens with one attached hydrogen (secondary N) is 2. The molecule has 5 heteroatoms. The summed E-state index contributed by atoms with van der Waals surface area (Å²) in [5.41, 5.74) is 1.59. The first-order valence-corrected chi connectivity index (χ1v) is 7.48. The molecule has 5 nitrogen and oxygen atoms in total. The van der Waals surface area contributed by atoms with Gasteiger partial charge in [0.2, 0.25) is 0 Å². The van der Waals surface area contributed by atoms with Gasteiger partial charge in [0.1, 0.15) is 6.10 Å². The first-order chi connectivity index (χ1) is 10.2. The number of rotatable bonds is 7. The molecule has 1 aliphatic carbocycles. The smallest absolute Gasteiger partial charge is 0.251 e. The van der Waals surface area contributed by atoms with Crippen molar-refractivity contribution in [3.05, 3.63) is 29.8 Å². The van der Waals surface area contributed by atoms with Crippen LogP contribution in [0.4, 0.5) is 5.69 Å². The van der Waals surface area contributed by atoms with Crippen molar-refractivity contribution < 1.29 is 14.3 Å². The van der Waals surface area contributed by atoms with Gasteiger partial charge in [-0.25, -0.2) is 0 Å². The van der Waals surface area contributed by atoms with Gasteiger partial charge in [-0.05, 0) is 38.5 Å². The minimum absolute atomic E-state index is 0.0507. The molecule has 21 heavy (non-hydrogen) atoms. The molecular weight excluding hydrogens is 268 g/mol. The highest BCUT2D eigenvalue weighted by Gasteiger charge is 2.42. The highest BCUT2D eigenvalue weighted by molar-refractivity contribution is 5.95. The van der Waals surface area contributed by atoms with Crippen LogP contribution >= 0.6 is 0 Å². The van der Waals surface area contributed by atoms with Crippen molar-refractivity contribution in [2.24, 2.45) is 0 Å². The van der Waals surface area contributed by atoms with E-state index in [0.29, 0.717) is 18.7 Å². The Hall–Kier alpha value is -1.59. The minimum Gasteiger partial charge on any atom is -0.379 e. The molecule has 1 aromatic carbocycles. The Balaban J connectivity index is 1.97. The Morgan fingerprint density at radius 2 is 2.19 bits per heavy atom. The van der Waals surface area contributed by atoms with Gasteiger partial charge in [-0.3, -0.25) is 4.79 Å². The molecule has 0 saturated heterocycles. The van der Waals surface area contributed by atoms with Crippen molar-refractivity contribution in [3.63, 3.8) is 0 Å². The van der Waals surface area contributed by atoms with Crippen LogP contribution in [0.1, 0.15) is 30.6 Å². The van der Waals surface area contributed by atoms with E-state index in [2.05, 4.69) is 10.6 Å². The maximum atomic E-state index is 11.8. The Kier molecular flexibility index (Phi) is 5.59. The van der Waals surface area contributed by atoms with Crippen LogP contribution in [0.15, 0.2) is 24.3 Å². The summed E-state index contributed by atoms with van der Waals surface area (Å²) in [5.74, 6) is -0.0507. The fourth-order valence-electron chi connectivity index (χ4n) is 2.64. The monoisotopic (exact) mass is 292 g/mol. The van der Waals surface area contributed by atoms with Gasteiger partial charge < -0.3 is 20.1 Å². The standard InChI is InChI=1S/C16H24N2O3/c1-4-17-16(19)11-7-6-8-12(9-11)18-13-10-14(21-5-2)15(13)20-3/h6-9,13-15,18H,4-5,10H2,1-3H3,(H,17,19). The van der Waals surface area contributed by atoms with Gasteiger partial charge >= 0.3 is 0 Å². The highest BCUT2D eigenvalue weighted by atomic mass is 16.5. The molecule has 0 bridgehead atoms. The Morgan fingerprint density at radius 1 is 1.38 bits per heavy atom. The largest absolute Gasteiger partial charge is 0.379 e. The number of amides is 1. The average Bonchev–Trinajstić information content (AvgIpc) is 2.47. The number of anilines is 1. The summed E-state index contributed by atoms with van der Waals surface area (Å²) in [5, 5.41) is 6.22. The van der Waals surface area contributed by atoms with Gasteiger partial charge in [-0.15, -0.1) is 0 Å². The summed E-state index contributed by atoms with van der Waals surface area (Å²) in [6, 6.07) is 7.74. The zero-order chi connectivity index (χ0) is 15.2. The van der Waals surface area contributed by atoms with E-state index in [9.17, 15) is 4.79 Å². The molecule has 1 saturated carbocycles. The van der Waals surface area contributed by atoms with Crippen LogP contribution in [0, 0.1) is 0 Å². The first-order valence-electron chi connectivity index (χ1n) is 7.48. The van der Waals surface area contributed by atoms with Crippen LogP contribution in [0.2, 0.25) is 0 Å². The molecule has 3 atom stereocenters. The molecule has 1 fully saturated rings. The lowest BCUT2D eigenvalue weighted by atomic mass is 9.85. The fraction of sp³-hybridized carbons (Fsp3) is 0.562. The zero-order valence-corrected chi connectivity index (χ0v) is 12.9. The number of hydrogen-bond donors (Lipinski definition) is 2. The number of carbonyl (C=O) groups is 1. The second-order valence-electron chi connectivity index (χ2n) is 5.12. The molecular formula is C16H24N2O3. The summed E-state index contributed by atoms with van der Waals surface area (Å²) >= 11 is 0. The van der Waals surface area contributed by atoms with Gasteiger partial charge in [0.25, 0.3) is 5.91 Å². The van der Waals surface area contributed by atoms with Crippen molar-refractivity contribution in [2.75, 3.05) is 25.6 Å². The molecule has 2 N–H and O–H groups in total. The van der Waals surface area contributed by atoms with Crippen LogP contribution in [-0.2, 0) is 9.47 Å². The molecule has 0 spiro atoms. The molecule has 1 aliphatic rings. The number of ether oxygens (including phenoxy) is 2. The van der Waals surface area contributed by atoms with E-state index < -0.39 is 0 Å². The van der Waals surface area contributed by atoms with Gasteiger partial charge in [-0.2, -0.15) is 0 Å². The molecule has 0 radical (unpaired) electrons. The van der Waals surface area contributed by atoms with Gasteiger partial charge in [0.15, 0.2) is 0 Å². The normalized spacial score (nSPS) is 24.2. The lowest BCUT2D eigenvalue weighted by Crippen LogP contribution is -2.56. The fourth-order valence-corrected chi connectivity index (χ4v) is 2.64. The summed E-state index contributed by atoms with van der Waals surface area (Å²) < 4.78 is 11.1. The van der Waals surface area contributed by atoms with Gasteiger partial charge in [0.05, 0.1) is 12.1 Å². The zero-order valence-electron chi connectivity index (χ0n) is 12.9. The molecule has 1 aromatic rings. The van der Waals surface area contributed by atoms with Gasteiger partial charge in [-0.1, -0.05) is 6.07 Å². The number of methoxy groups -OCH3 is 1. The molecule has 0 heterocycles. The van der Waals surface area contributed by atoms with Crippen molar-refractivity contribution in [1.29, 1.82) is 0 Å². The third-order valence-corrected chi connectivity index (χ3v) is 3.72. The lowest BCUT2D eigenvalue weighted by molar-refractivity contribution is -0.118. The number of carbonyl (C=O) groups excluding carboxylic acids is 1. The second-order valence-corrected chi connectivity index (χ2v) is 5.12. The average molecular weight is 292 g/mol. The molecule has 0 aromatic heterocycles. The maximum Gasteiger partial charge on any atom is 0.251 e. The summed E-state index contributed by atoms with van der Waals surface area (Å²) in [6.07, 6.45) is 1.12. The molecule has 2 rings (SSSR count). The van der Waals surface area contributed by atoms with Crippen LogP contribution in [-0.4, -0.2) is 44.4 Å². The molecule has 3 unspecified atom stereocenters. The SMILES string of the molecule is CCNC(=O)c1cccc(NC2CC(OCC)C2OC)c1. The lowest BCUT2D eigenvalue weighted by Gasteiger charge is -2.43. The van der Waals surface area contributed by atoms with Crippen LogP contribution in [0.25, 0.3) is 0 Å². The van der Waals surface area contributed by atoms with Crippen molar-refractivity contribution in [2.45, 2.75) is 38.5 Å². The van der Waals surface area contributed by atoms with Crippen molar-refractivity contribution >= 4 is 11.6 Å². The third-order valence-electron chi connectivity index (χ3n) is 3.72. The van der Waals surface area contributed by atoms with Crippen LogP contribution < -0.4 is 10.6 Å². The van der Waals surface area contributed by atoms with E-state index in [1.807, 2.05) is 38.1 Å². The second kappa shape index (κ2) is 7.43. The topological polar surface area (TPSA) is 59.6 Å². The highest BCUT2D eigenvalue weighted by Crippen LogP contribution is 2.30. The van der Waals surface area contributed by atoms with Crippen molar-refractivity contribution in [3.8, 4) is 0 Å². The van der Waals surface area contributed by atoms with Crippen LogP contribution in [0.3, 0.4) is 0 Å². The van der Waals surface area contributed by atoms with E-state index in [1.54, 1.807) is 7.11 Å². The predicted octanol–water partition coefficient (Wildman–Crippen LogP) is 2.04. The first kappa shape index (κ1) is 15.8. The van der Waals surface area contributed by atoms with E-state index in [4.69, 9.17) is 9.47 Å². The van der Waals surface area contributed by atoms with E-state index in [1.165, 1.54) is 0 Å². The van der Waals surface area contributed by atoms with Crippen molar-refractivity contribution in [1.82, 2.24) is 5.32 Å². The van der Waals surface area contributed by atoms with Crippen LogP contribution in [0.5, 0.6) is 0 Å². The molecule has 0 aliphatic heterocycles. The predicted molar refractivity (Wildman–Crippen MR) is 82.7 cm³/mol. The van der Waals surface area contributed by atoms with E-state index >= 15 is 0 Å². The number of benzene rings is 1. The molecule has 1 amide bonds. The number of hydrogen-bond acceptors (Lipinski definition) is 4. The Labute approximate surface area is 126 Å². The Morgan fingerprint density at radius 3 is 2.86 bits per heavy atom. The van der Waals surface area contributed by atoms with E-state index in [-0.39, 0.29) is 24.2 Å². The summed E-state index contributed by atoms with van der Waals surface area (Å²) in [4.78, 5) is 11.8. The summed E-state index contributed by atoms with van der Waals surface area (Å²) in [6.45, 7) is 5.22. The third kappa shape index (κ3) is 3.74. The van der Waals surface area contributed by atoms with Gasteiger partial charge in [0, 0.05) is 31.5 Å². The molecule has 116 valence electrons. The quantitative estimate of drug-likeness (QED) is 0.807. The summed E-state index contributed by atoms with van der Waals surface area (Å²) in [7, 11) is 1.70. The van der Waals surface area contributed by atoms with E-state index in [0.717, 1.165) is 12.1 Å².